The predicted octanol–water partition coefficient (Wildman–Crippen LogP) is 1.79. The fourth-order valence-corrected chi connectivity index (χ4v) is 3.66. The Kier molecular flexibility index (Phi) is 4.05. The average Bonchev–Trinajstić information content (AvgIpc) is 3.34. The molecule has 1 fully saturated rings. The lowest BCUT2D eigenvalue weighted by molar-refractivity contribution is -0.117. The molecule has 25 heavy (non-hydrogen) atoms. The van der Waals surface area contributed by atoms with E-state index < -0.39 is 0 Å². The number of hydrogen-bond donors (Lipinski definition) is 1. The number of rotatable bonds is 4. The Hall–Kier alpha value is -2.60. The minimum atomic E-state index is -0.115. The van der Waals surface area contributed by atoms with Gasteiger partial charge < -0.3 is 20.0 Å². The van der Waals surface area contributed by atoms with Crippen molar-refractivity contribution in [1.29, 1.82) is 0 Å². The minimum absolute atomic E-state index is 0.0465. The Bertz CT molecular complexity index is 814. The maximum Gasteiger partial charge on any atom is 0.289 e. The highest BCUT2D eigenvalue weighted by molar-refractivity contribution is 6.01. The molecular formula is C19H21N3O3. The number of para-hydroxylation sites is 1. The smallest absolute Gasteiger partial charge is 0.289 e. The molecule has 4 rings (SSSR count). The fourth-order valence-electron chi connectivity index (χ4n) is 3.66. The Morgan fingerprint density at radius 2 is 2.12 bits per heavy atom. The number of hydrogen-bond acceptors (Lipinski definition) is 4. The minimum Gasteiger partial charge on any atom is -0.459 e. The number of fused-ring (bicyclic) bond motifs is 1. The first kappa shape index (κ1) is 15.9. The highest BCUT2D eigenvalue weighted by Gasteiger charge is 2.32. The SMILES string of the molecule is NC[C@@H]1CCN(C(=O)c2occc2CN2C(=O)Cc3ccccc32)C1. The third-order valence-electron chi connectivity index (χ3n) is 5.10. The standard InChI is InChI=1S/C19H21N3O3/c20-10-13-5-7-21(11-13)19(24)18-15(6-8-25-18)12-22-16-4-2-1-3-14(16)9-17(22)23/h1-4,6,8,13H,5,7,9-12,20H2/t13-/m0/s1. The lowest BCUT2D eigenvalue weighted by Gasteiger charge is -2.19. The first-order valence-corrected chi connectivity index (χ1v) is 8.61. The number of carbonyl (C=O) groups excluding carboxylic acids is 2. The number of anilines is 1. The van der Waals surface area contributed by atoms with Crippen molar-refractivity contribution in [1.82, 2.24) is 4.90 Å². The first-order valence-electron chi connectivity index (χ1n) is 8.61. The quantitative estimate of drug-likeness (QED) is 0.921. The number of furan rings is 1. The molecule has 0 unspecified atom stereocenters. The summed E-state index contributed by atoms with van der Waals surface area (Å²) in [5.41, 5.74) is 8.39. The number of benzene rings is 1. The van der Waals surface area contributed by atoms with Crippen LogP contribution in [0, 0.1) is 5.92 Å². The summed E-state index contributed by atoms with van der Waals surface area (Å²) in [6.45, 7) is 2.31. The highest BCUT2D eigenvalue weighted by atomic mass is 16.3. The molecule has 2 aliphatic rings. The Labute approximate surface area is 146 Å². The van der Waals surface area contributed by atoms with Gasteiger partial charge in [0.2, 0.25) is 5.91 Å². The van der Waals surface area contributed by atoms with Crippen molar-refractivity contribution in [3.63, 3.8) is 0 Å². The van der Waals surface area contributed by atoms with Gasteiger partial charge in [-0.1, -0.05) is 18.2 Å². The molecule has 0 bridgehead atoms. The number of amides is 2. The van der Waals surface area contributed by atoms with Crippen LogP contribution in [0.4, 0.5) is 5.69 Å². The van der Waals surface area contributed by atoms with Crippen LogP contribution in [-0.4, -0.2) is 36.3 Å². The van der Waals surface area contributed by atoms with Crippen molar-refractivity contribution >= 4 is 17.5 Å². The third kappa shape index (κ3) is 2.82. The van der Waals surface area contributed by atoms with Crippen LogP contribution in [-0.2, 0) is 17.8 Å². The van der Waals surface area contributed by atoms with Crippen LogP contribution in [0.2, 0.25) is 0 Å². The molecule has 1 aromatic carbocycles. The molecule has 1 saturated heterocycles. The topological polar surface area (TPSA) is 79.8 Å². The maximum atomic E-state index is 12.8. The van der Waals surface area contributed by atoms with E-state index >= 15 is 0 Å². The molecule has 2 N–H and O–H groups in total. The van der Waals surface area contributed by atoms with Crippen molar-refractivity contribution in [2.24, 2.45) is 11.7 Å². The van der Waals surface area contributed by atoms with E-state index in [0.717, 1.165) is 23.2 Å². The second-order valence-corrected chi connectivity index (χ2v) is 6.70. The molecule has 1 atom stereocenters. The molecule has 6 nitrogen and oxygen atoms in total. The summed E-state index contributed by atoms with van der Waals surface area (Å²) in [5, 5.41) is 0. The van der Waals surface area contributed by atoms with Crippen molar-refractivity contribution in [2.45, 2.75) is 19.4 Å². The van der Waals surface area contributed by atoms with E-state index in [1.165, 1.54) is 6.26 Å². The Morgan fingerprint density at radius 1 is 1.28 bits per heavy atom. The van der Waals surface area contributed by atoms with Gasteiger partial charge in [0.15, 0.2) is 5.76 Å². The van der Waals surface area contributed by atoms with Crippen LogP contribution >= 0.6 is 0 Å². The van der Waals surface area contributed by atoms with Crippen molar-refractivity contribution < 1.29 is 14.0 Å². The third-order valence-corrected chi connectivity index (χ3v) is 5.10. The van der Waals surface area contributed by atoms with Gasteiger partial charge in [0.1, 0.15) is 0 Å². The van der Waals surface area contributed by atoms with Gasteiger partial charge in [-0.05, 0) is 36.6 Å². The second kappa shape index (κ2) is 6.37. The Morgan fingerprint density at radius 3 is 2.92 bits per heavy atom. The van der Waals surface area contributed by atoms with Crippen LogP contribution in [0.1, 0.15) is 28.1 Å². The van der Waals surface area contributed by atoms with Crippen molar-refractivity contribution in [2.75, 3.05) is 24.5 Å². The average molecular weight is 339 g/mol. The summed E-state index contributed by atoms with van der Waals surface area (Å²) in [4.78, 5) is 28.7. The van der Waals surface area contributed by atoms with E-state index in [2.05, 4.69) is 0 Å². The summed E-state index contributed by atoms with van der Waals surface area (Å²) in [6, 6.07) is 9.53. The van der Waals surface area contributed by atoms with Crippen LogP contribution in [0.15, 0.2) is 41.0 Å². The molecule has 0 spiro atoms. The molecule has 1 aromatic heterocycles. The van der Waals surface area contributed by atoms with Gasteiger partial charge in [0, 0.05) is 24.3 Å². The lowest BCUT2D eigenvalue weighted by atomic mass is 10.1. The zero-order valence-electron chi connectivity index (χ0n) is 14.0. The predicted molar refractivity (Wildman–Crippen MR) is 93.1 cm³/mol. The van der Waals surface area contributed by atoms with Crippen molar-refractivity contribution in [3.05, 3.63) is 53.5 Å². The van der Waals surface area contributed by atoms with Crippen LogP contribution in [0.5, 0.6) is 0 Å². The molecule has 130 valence electrons. The van der Waals surface area contributed by atoms with Gasteiger partial charge >= 0.3 is 0 Å². The highest BCUT2D eigenvalue weighted by Crippen LogP contribution is 2.31. The van der Waals surface area contributed by atoms with E-state index in [0.29, 0.717) is 44.3 Å². The van der Waals surface area contributed by atoms with Crippen molar-refractivity contribution in [3.8, 4) is 0 Å². The summed E-state index contributed by atoms with van der Waals surface area (Å²) in [5.74, 6) is 0.616. The normalized spacial score (nSPS) is 19.6. The Balaban J connectivity index is 1.55. The zero-order valence-corrected chi connectivity index (χ0v) is 14.0. The largest absolute Gasteiger partial charge is 0.459 e. The monoisotopic (exact) mass is 339 g/mol. The molecule has 0 radical (unpaired) electrons. The molecule has 0 aliphatic carbocycles. The van der Waals surface area contributed by atoms with Gasteiger partial charge in [-0.3, -0.25) is 9.59 Å². The van der Waals surface area contributed by atoms with E-state index in [4.69, 9.17) is 10.2 Å². The fraction of sp³-hybridized carbons (Fsp3) is 0.368. The van der Waals surface area contributed by atoms with Crippen LogP contribution < -0.4 is 10.6 Å². The van der Waals surface area contributed by atoms with Crippen LogP contribution in [0.25, 0.3) is 0 Å². The van der Waals surface area contributed by atoms with E-state index in [1.807, 2.05) is 24.3 Å². The van der Waals surface area contributed by atoms with E-state index in [9.17, 15) is 9.59 Å². The number of carbonyl (C=O) groups is 2. The van der Waals surface area contributed by atoms with Crippen LogP contribution in [0.3, 0.4) is 0 Å². The summed E-state index contributed by atoms with van der Waals surface area (Å²) in [6.07, 6.45) is 2.85. The molecule has 2 amide bonds. The molecule has 3 heterocycles. The first-order chi connectivity index (χ1) is 12.2. The number of nitrogens with two attached hydrogens (primary N) is 1. The van der Waals surface area contributed by atoms with Gasteiger partial charge in [0.05, 0.1) is 19.2 Å². The number of likely N-dealkylation sites (tertiary alicyclic amines) is 1. The molecular weight excluding hydrogens is 318 g/mol. The molecule has 0 saturated carbocycles. The molecule has 2 aliphatic heterocycles. The van der Waals surface area contributed by atoms with Gasteiger partial charge in [-0.25, -0.2) is 0 Å². The lowest BCUT2D eigenvalue weighted by Crippen LogP contribution is -2.31. The maximum absolute atomic E-state index is 12.8. The van der Waals surface area contributed by atoms with Gasteiger partial charge in [0.25, 0.3) is 5.91 Å². The van der Waals surface area contributed by atoms with Gasteiger partial charge in [-0.15, -0.1) is 0 Å². The van der Waals surface area contributed by atoms with E-state index in [1.54, 1.807) is 15.9 Å². The molecule has 2 aromatic rings. The second-order valence-electron chi connectivity index (χ2n) is 6.70. The summed E-state index contributed by atoms with van der Waals surface area (Å²) >= 11 is 0. The van der Waals surface area contributed by atoms with Gasteiger partial charge in [-0.2, -0.15) is 0 Å². The summed E-state index contributed by atoms with van der Waals surface area (Å²) in [7, 11) is 0. The number of nitrogens with zero attached hydrogens (tertiary/aromatic N) is 2. The zero-order chi connectivity index (χ0) is 17.4. The van der Waals surface area contributed by atoms with E-state index in [-0.39, 0.29) is 11.8 Å². The summed E-state index contributed by atoms with van der Waals surface area (Å²) < 4.78 is 5.48. The molecule has 6 heteroatoms.